The van der Waals surface area contributed by atoms with Gasteiger partial charge in [0.1, 0.15) is 0 Å². The van der Waals surface area contributed by atoms with Crippen molar-refractivity contribution in [3.63, 3.8) is 0 Å². The SMILES string of the molecule is c1ccc(-c2ccc(-c3nc(-c4ccc(-c5ccc(-c6cccc(-c7ccc8c(c7)C7(CCCCC7)c7ccccc7-8)c6)cc5)cc4)nc(-c4cccc(-c5ccccc5)c4)n3)cc2)cc1. The zero-order chi connectivity index (χ0) is 43.9. The number of nitrogens with zero attached hydrogens (tertiary/aromatic N) is 3. The summed E-state index contributed by atoms with van der Waals surface area (Å²) in [5.41, 5.74) is 20.7. The molecule has 0 radical (unpaired) electrons. The van der Waals surface area contributed by atoms with Gasteiger partial charge in [-0.05, 0) is 109 Å². The first kappa shape index (κ1) is 39.6. The molecule has 0 N–H and O–H groups in total. The van der Waals surface area contributed by atoms with Gasteiger partial charge in [-0.25, -0.2) is 15.0 Å². The maximum atomic E-state index is 5.10. The van der Waals surface area contributed by atoms with Gasteiger partial charge in [0.15, 0.2) is 17.5 Å². The van der Waals surface area contributed by atoms with Crippen LogP contribution in [0.4, 0.5) is 0 Å². The number of hydrogen-bond donors (Lipinski definition) is 0. The van der Waals surface area contributed by atoms with Crippen LogP contribution in [0.5, 0.6) is 0 Å². The van der Waals surface area contributed by atoms with Gasteiger partial charge < -0.3 is 0 Å². The molecule has 0 atom stereocenters. The Morgan fingerprint density at radius 1 is 0.242 bits per heavy atom. The summed E-state index contributed by atoms with van der Waals surface area (Å²) >= 11 is 0. The fraction of sp³-hybridized carbons (Fsp3) is 0.0952. The molecule has 0 amide bonds. The lowest BCUT2D eigenvalue weighted by Gasteiger charge is -2.36. The van der Waals surface area contributed by atoms with Crippen LogP contribution in [-0.2, 0) is 5.41 Å². The minimum absolute atomic E-state index is 0.147. The molecule has 3 heteroatoms. The number of aromatic nitrogens is 3. The summed E-state index contributed by atoms with van der Waals surface area (Å²) in [7, 11) is 0. The van der Waals surface area contributed by atoms with Crippen LogP contribution in [0.1, 0.15) is 43.2 Å². The molecule has 66 heavy (non-hydrogen) atoms. The molecule has 1 heterocycles. The third-order valence-electron chi connectivity index (χ3n) is 14.0. The Kier molecular flexibility index (Phi) is 10.1. The summed E-state index contributed by atoms with van der Waals surface area (Å²) in [5, 5.41) is 0. The van der Waals surface area contributed by atoms with Gasteiger partial charge in [-0.1, -0.05) is 226 Å². The highest BCUT2D eigenvalue weighted by Crippen LogP contribution is 2.56. The normalized spacial score (nSPS) is 13.6. The van der Waals surface area contributed by atoms with Crippen molar-refractivity contribution >= 4 is 0 Å². The minimum Gasteiger partial charge on any atom is -0.208 e. The standard InChI is InChI=1S/C63H47N3/c1-4-14-43(15-5-1)45-28-32-49(33-29-45)60-64-61(66-62(65-60)55-21-13-19-52(41-55)44-16-6-2-7-17-44)50-34-30-47(31-35-50)46-24-26-48(27-25-46)51-18-12-20-53(40-51)54-36-37-57-56-22-8-9-23-58(56)63(59(57)42-54)38-10-3-11-39-63/h1-2,4-9,12-37,40-42H,3,10-11,38-39H2. The second kappa shape index (κ2) is 16.8. The van der Waals surface area contributed by atoms with E-state index in [4.69, 9.17) is 15.0 Å². The lowest BCUT2D eigenvalue weighted by atomic mass is 9.67. The van der Waals surface area contributed by atoms with E-state index in [-0.39, 0.29) is 5.41 Å². The van der Waals surface area contributed by atoms with E-state index in [1.807, 2.05) is 12.1 Å². The summed E-state index contributed by atoms with van der Waals surface area (Å²) < 4.78 is 0. The molecular formula is C63H47N3. The van der Waals surface area contributed by atoms with Crippen LogP contribution in [0.25, 0.3) is 101 Å². The molecule has 2 aliphatic rings. The number of hydrogen-bond acceptors (Lipinski definition) is 3. The van der Waals surface area contributed by atoms with Crippen molar-refractivity contribution in [1.82, 2.24) is 15.0 Å². The van der Waals surface area contributed by atoms with Crippen LogP contribution in [0.2, 0.25) is 0 Å². The number of benzene rings is 9. The Morgan fingerprint density at radius 3 is 1.15 bits per heavy atom. The van der Waals surface area contributed by atoms with Crippen molar-refractivity contribution in [2.24, 2.45) is 0 Å². The minimum atomic E-state index is 0.147. The van der Waals surface area contributed by atoms with E-state index in [1.54, 1.807) is 0 Å². The molecular weight excluding hydrogens is 799 g/mol. The van der Waals surface area contributed by atoms with Gasteiger partial charge in [-0.3, -0.25) is 0 Å². The van der Waals surface area contributed by atoms with E-state index in [0.717, 1.165) is 44.5 Å². The molecule has 0 unspecified atom stereocenters. The first-order chi connectivity index (χ1) is 32.6. The van der Waals surface area contributed by atoms with Crippen LogP contribution in [0, 0.1) is 0 Å². The first-order valence-corrected chi connectivity index (χ1v) is 23.3. The van der Waals surface area contributed by atoms with Gasteiger partial charge in [-0.2, -0.15) is 0 Å². The van der Waals surface area contributed by atoms with Crippen LogP contribution in [0.3, 0.4) is 0 Å². The van der Waals surface area contributed by atoms with E-state index in [2.05, 4.69) is 212 Å². The first-order valence-electron chi connectivity index (χ1n) is 23.3. The molecule has 0 bridgehead atoms. The Bertz CT molecular complexity index is 3350. The van der Waals surface area contributed by atoms with Crippen molar-refractivity contribution < 1.29 is 0 Å². The van der Waals surface area contributed by atoms with Gasteiger partial charge in [0.2, 0.25) is 0 Å². The molecule has 9 aromatic carbocycles. The van der Waals surface area contributed by atoms with Gasteiger partial charge in [0, 0.05) is 22.1 Å². The van der Waals surface area contributed by atoms with Crippen molar-refractivity contribution in [3.8, 4) is 101 Å². The average molecular weight is 846 g/mol. The summed E-state index contributed by atoms with van der Waals surface area (Å²) in [6, 6.07) is 80.8. The van der Waals surface area contributed by atoms with Gasteiger partial charge in [-0.15, -0.1) is 0 Å². The van der Waals surface area contributed by atoms with Crippen LogP contribution >= 0.6 is 0 Å². The van der Waals surface area contributed by atoms with Gasteiger partial charge in [0.05, 0.1) is 0 Å². The fourth-order valence-corrected chi connectivity index (χ4v) is 10.5. The van der Waals surface area contributed by atoms with E-state index in [0.29, 0.717) is 17.5 Å². The van der Waals surface area contributed by atoms with E-state index in [9.17, 15) is 0 Å². The number of rotatable bonds is 8. The van der Waals surface area contributed by atoms with Gasteiger partial charge in [0.25, 0.3) is 0 Å². The highest BCUT2D eigenvalue weighted by atomic mass is 15.0. The predicted molar refractivity (Wildman–Crippen MR) is 273 cm³/mol. The molecule has 0 aliphatic heterocycles. The topological polar surface area (TPSA) is 38.7 Å². The molecule has 10 aromatic rings. The maximum Gasteiger partial charge on any atom is 0.164 e. The second-order valence-electron chi connectivity index (χ2n) is 17.9. The summed E-state index contributed by atoms with van der Waals surface area (Å²) in [5.74, 6) is 1.91. The van der Waals surface area contributed by atoms with E-state index < -0.39 is 0 Å². The monoisotopic (exact) mass is 845 g/mol. The Hall–Kier alpha value is -8.01. The van der Waals surface area contributed by atoms with Gasteiger partial charge >= 0.3 is 0 Å². The largest absolute Gasteiger partial charge is 0.208 e. The lowest BCUT2D eigenvalue weighted by molar-refractivity contribution is 0.353. The lowest BCUT2D eigenvalue weighted by Crippen LogP contribution is -2.28. The Labute approximate surface area is 387 Å². The zero-order valence-electron chi connectivity index (χ0n) is 36.7. The molecule has 1 saturated carbocycles. The quantitative estimate of drug-likeness (QED) is 0.153. The van der Waals surface area contributed by atoms with Crippen molar-refractivity contribution in [3.05, 3.63) is 236 Å². The highest BCUT2D eigenvalue weighted by molar-refractivity contribution is 5.85. The highest BCUT2D eigenvalue weighted by Gasteiger charge is 2.43. The van der Waals surface area contributed by atoms with E-state index in [1.165, 1.54) is 82.2 Å². The molecule has 3 nitrogen and oxygen atoms in total. The van der Waals surface area contributed by atoms with Crippen LogP contribution in [0.15, 0.2) is 224 Å². The Morgan fingerprint density at radius 2 is 0.591 bits per heavy atom. The molecule has 0 saturated heterocycles. The fourth-order valence-electron chi connectivity index (χ4n) is 10.5. The molecule has 1 aromatic heterocycles. The molecule has 1 fully saturated rings. The molecule has 12 rings (SSSR count). The molecule has 2 aliphatic carbocycles. The molecule has 1 spiro atoms. The zero-order valence-corrected chi connectivity index (χ0v) is 36.7. The third kappa shape index (κ3) is 7.33. The maximum absolute atomic E-state index is 5.10. The average Bonchev–Trinajstić information content (AvgIpc) is 3.66. The summed E-state index contributed by atoms with van der Waals surface area (Å²) in [6.45, 7) is 0. The second-order valence-corrected chi connectivity index (χ2v) is 17.9. The van der Waals surface area contributed by atoms with Crippen LogP contribution in [-0.4, -0.2) is 15.0 Å². The smallest absolute Gasteiger partial charge is 0.164 e. The Balaban J connectivity index is 0.832. The van der Waals surface area contributed by atoms with Crippen molar-refractivity contribution in [2.45, 2.75) is 37.5 Å². The predicted octanol–water partition coefficient (Wildman–Crippen LogP) is 16.4. The van der Waals surface area contributed by atoms with Crippen molar-refractivity contribution in [1.29, 1.82) is 0 Å². The van der Waals surface area contributed by atoms with Crippen molar-refractivity contribution in [2.75, 3.05) is 0 Å². The van der Waals surface area contributed by atoms with E-state index >= 15 is 0 Å². The summed E-state index contributed by atoms with van der Waals surface area (Å²) in [6.07, 6.45) is 6.41. The van der Waals surface area contributed by atoms with Crippen LogP contribution < -0.4 is 0 Å². The third-order valence-corrected chi connectivity index (χ3v) is 14.0. The number of fused-ring (bicyclic) bond motifs is 5. The summed E-state index contributed by atoms with van der Waals surface area (Å²) in [4.78, 5) is 15.3. The molecule has 314 valence electrons.